The quantitative estimate of drug-likeness (QED) is 0.517. The van der Waals surface area contributed by atoms with Crippen molar-refractivity contribution in [1.29, 1.82) is 5.26 Å². The minimum absolute atomic E-state index is 0.415. The highest BCUT2D eigenvalue weighted by Gasteiger charge is 2.17. The second kappa shape index (κ2) is 7.85. The van der Waals surface area contributed by atoms with Gasteiger partial charge in [-0.2, -0.15) is 5.26 Å². The van der Waals surface area contributed by atoms with Gasteiger partial charge in [0, 0.05) is 5.69 Å². The van der Waals surface area contributed by atoms with Crippen LogP contribution in [0.5, 0.6) is 0 Å². The molecule has 2 nitrogen and oxygen atoms in total. The summed E-state index contributed by atoms with van der Waals surface area (Å²) in [6.07, 6.45) is 7.54. The molecule has 1 aromatic heterocycles. The summed E-state index contributed by atoms with van der Waals surface area (Å²) in [4.78, 5) is 4.55. The molecular formula is C18H26N2. The third-order valence-corrected chi connectivity index (χ3v) is 3.74. The van der Waals surface area contributed by atoms with Gasteiger partial charge in [-0.15, -0.1) is 6.58 Å². The van der Waals surface area contributed by atoms with Gasteiger partial charge in [0.25, 0.3) is 0 Å². The largest absolute Gasteiger partial charge is 0.257 e. The molecule has 0 saturated heterocycles. The Morgan fingerprint density at radius 3 is 2.45 bits per heavy atom. The number of hydrogen-bond acceptors (Lipinski definition) is 2. The van der Waals surface area contributed by atoms with E-state index in [0.717, 1.165) is 36.2 Å². The molecule has 1 rings (SSSR count). The fourth-order valence-corrected chi connectivity index (χ4v) is 2.88. The van der Waals surface area contributed by atoms with Gasteiger partial charge in [0.05, 0.1) is 11.3 Å². The molecule has 0 fully saturated rings. The Labute approximate surface area is 123 Å². The van der Waals surface area contributed by atoms with Gasteiger partial charge in [0.2, 0.25) is 0 Å². The van der Waals surface area contributed by atoms with Gasteiger partial charge in [-0.1, -0.05) is 26.3 Å². The van der Waals surface area contributed by atoms with Crippen LogP contribution in [0.25, 0.3) is 0 Å². The van der Waals surface area contributed by atoms with E-state index in [1.165, 1.54) is 24.0 Å². The molecule has 0 aliphatic carbocycles. The van der Waals surface area contributed by atoms with Crippen LogP contribution in [0, 0.1) is 25.2 Å². The van der Waals surface area contributed by atoms with E-state index in [9.17, 15) is 5.26 Å². The van der Waals surface area contributed by atoms with Gasteiger partial charge in [0.15, 0.2) is 0 Å². The van der Waals surface area contributed by atoms with E-state index in [1.54, 1.807) is 0 Å². The van der Waals surface area contributed by atoms with Crippen molar-refractivity contribution in [2.45, 2.75) is 65.7 Å². The third-order valence-electron chi connectivity index (χ3n) is 3.74. The molecule has 0 unspecified atom stereocenters. The standard InChI is InChI=1S/C18H26N2/c1-6-7-8-9-10-11-16-17(12-19)14(4)20-15(5)18(16)13(2)3/h6,13H,1,7-11H2,2-5H3. The first-order valence-corrected chi connectivity index (χ1v) is 7.53. The minimum atomic E-state index is 0.415. The fourth-order valence-electron chi connectivity index (χ4n) is 2.88. The molecule has 1 heterocycles. The maximum atomic E-state index is 9.43. The van der Waals surface area contributed by atoms with E-state index in [1.807, 2.05) is 13.0 Å². The van der Waals surface area contributed by atoms with Crippen LogP contribution in [0.3, 0.4) is 0 Å². The maximum absolute atomic E-state index is 9.43. The smallest absolute Gasteiger partial charge is 0.101 e. The topological polar surface area (TPSA) is 36.7 Å². The first-order chi connectivity index (χ1) is 9.52. The van der Waals surface area contributed by atoms with Crippen molar-refractivity contribution in [2.75, 3.05) is 0 Å². The lowest BCUT2D eigenvalue weighted by Gasteiger charge is -2.18. The number of pyridine rings is 1. The Hall–Kier alpha value is -1.62. The summed E-state index contributed by atoms with van der Waals surface area (Å²) in [6, 6.07) is 2.36. The molecule has 0 N–H and O–H groups in total. The Morgan fingerprint density at radius 1 is 1.20 bits per heavy atom. The number of nitrogens with zero attached hydrogens (tertiary/aromatic N) is 2. The third kappa shape index (κ3) is 3.93. The van der Waals surface area contributed by atoms with Crippen LogP contribution in [-0.2, 0) is 6.42 Å². The SMILES string of the molecule is C=CCCCCCc1c(C#N)c(C)nc(C)c1C(C)C. The molecule has 20 heavy (non-hydrogen) atoms. The summed E-state index contributed by atoms with van der Waals surface area (Å²) in [5.41, 5.74) is 5.25. The molecule has 0 aliphatic heterocycles. The number of unbranched alkanes of at least 4 members (excludes halogenated alkanes) is 3. The van der Waals surface area contributed by atoms with E-state index in [4.69, 9.17) is 0 Å². The number of allylic oxidation sites excluding steroid dienone is 1. The molecule has 108 valence electrons. The summed E-state index contributed by atoms with van der Waals surface area (Å²) >= 11 is 0. The minimum Gasteiger partial charge on any atom is -0.257 e. The normalized spacial score (nSPS) is 10.6. The number of aromatic nitrogens is 1. The summed E-state index contributed by atoms with van der Waals surface area (Å²) in [6.45, 7) is 12.1. The monoisotopic (exact) mass is 270 g/mol. The average molecular weight is 270 g/mol. The maximum Gasteiger partial charge on any atom is 0.101 e. The summed E-state index contributed by atoms with van der Waals surface area (Å²) in [7, 11) is 0. The van der Waals surface area contributed by atoms with Crippen molar-refractivity contribution in [3.8, 4) is 6.07 Å². The second-order valence-corrected chi connectivity index (χ2v) is 5.70. The zero-order valence-corrected chi connectivity index (χ0v) is 13.3. The van der Waals surface area contributed by atoms with E-state index >= 15 is 0 Å². The Bertz CT molecular complexity index is 507. The van der Waals surface area contributed by atoms with Crippen LogP contribution in [0.2, 0.25) is 0 Å². The van der Waals surface area contributed by atoms with Crippen molar-refractivity contribution in [3.63, 3.8) is 0 Å². The first-order valence-electron chi connectivity index (χ1n) is 7.53. The zero-order chi connectivity index (χ0) is 15.1. The number of nitriles is 1. The van der Waals surface area contributed by atoms with Crippen LogP contribution in [0.4, 0.5) is 0 Å². The number of rotatable bonds is 7. The Morgan fingerprint density at radius 2 is 1.90 bits per heavy atom. The van der Waals surface area contributed by atoms with Crippen LogP contribution in [0.15, 0.2) is 12.7 Å². The Kier molecular flexibility index (Phi) is 6.45. The highest BCUT2D eigenvalue weighted by atomic mass is 14.7. The molecule has 0 radical (unpaired) electrons. The van der Waals surface area contributed by atoms with E-state index in [-0.39, 0.29) is 0 Å². The molecule has 2 heteroatoms. The van der Waals surface area contributed by atoms with Gasteiger partial charge in [0.1, 0.15) is 6.07 Å². The molecule has 1 aromatic rings. The molecule has 0 bridgehead atoms. The van der Waals surface area contributed by atoms with Gasteiger partial charge < -0.3 is 0 Å². The van der Waals surface area contributed by atoms with Crippen molar-refractivity contribution in [2.24, 2.45) is 0 Å². The molecule has 0 aliphatic rings. The molecule has 0 amide bonds. The highest BCUT2D eigenvalue weighted by Crippen LogP contribution is 2.28. The number of aryl methyl sites for hydroxylation is 2. The molecule has 0 aromatic carbocycles. The number of hydrogen-bond donors (Lipinski definition) is 0. The van der Waals surface area contributed by atoms with Crippen LogP contribution in [-0.4, -0.2) is 4.98 Å². The van der Waals surface area contributed by atoms with Crippen molar-refractivity contribution in [1.82, 2.24) is 4.98 Å². The summed E-state index contributed by atoms with van der Waals surface area (Å²) in [5, 5.41) is 9.43. The lowest BCUT2D eigenvalue weighted by Crippen LogP contribution is -2.08. The first kappa shape index (κ1) is 16.4. The lowest BCUT2D eigenvalue weighted by molar-refractivity contribution is 0.676. The Balaban J connectivity index is 3.01. The van der Waals surface area contributed by atoms with Crippen LogP contribution in [0.1, 0.15) is 73.5 Å². The van der Waals surface area contributed by atoms with Gasteiger partial charge >= 0.3 is 0 Å². The molecule has 0 spiro atoms. The van der Waals surface area contributed by atoms with Crippen molar-refractivity contribution < 1.29 is 0 Å². The zero-order valence-electron chi connectivity index (χ0n) is 13.3. The highest BCUT2D eigenvalue weighted by molar-refractivity contribution is 5.48. The molecular weight excluding hydrogens is 244 g/mol. The van der Waals surface area contributed by atoms with Crippen molar-refractivity contribution >= 4 is 0 Å². The van der Waals surface area contributed by atoms with E-state index < -0.39 is 0 Å². The van der Waals surface area contributed by atoms with E-state index in [2.05, 4.69) is 38.4 Å². The second-order valence-electron chi connectivity index (χ2n) is 5.70. The van der Waals surface area contributed by atoms with Crippen molar-refractivity contribution in [3.05, 3.63) is 40.7 Å². The van der Waals surface area contributed by atoms with Gasteiger partial charge in [-0.3, -0.25) is 4.98 Å². The van der Waals surface area contributed by atoms with E-state index in [0.29, 0.717) is 5.92 Å². The fraction of sp³-hybridized carbons (Fsp3) is 0.556. The van der Waals surface area contributed by atoms with Crippen LogP contribution >= 0.6 is 0 Å². The predicted molar refractivity (Wildman–Crippen MR) is 84.9 cm³/mol. The average Bonchev–Trinajstić information content (AvgIpc) is 2.37. The van der Waals surface area contributed by atoms with Gasteiger partial charge in [-0.05, 0) is 56.6 Å². The summed E-state index contributed by atoms with van der Waals surface area (Å²) in [5.74, 6) is 0.415. The van der Waals surface area contributed by atoms with Crippen LogP contribution < -0.4 is 0 Å². The predicted octanol–water partition coefficient (Wildman–Crippen LogP) is 4.98. The molecule has 0 atom stereocenters. The lowest BCUT2D eigenvalue weighted by atomic mass is 9.89. The summed E-state index contributed by atoms with van der Waals surface area (Å²) < 4.78 is 0. The van der Waals surface area contributed by atoms with Gasteiger partial charge in [-0.25, -0.2) is 0 Å². The molecule has 0 saturated carbocycles.